The molecule has 6 heteroatoms. The van der Waals surface area contributed by atoms with Crippen molar-refractivity contribution in [2.24, 2.45) is 23.7 Å². The van der Waals surface area contributed by atoms with E-state index >= 15 is 0 Å². The van der Waals surface area contributed by atoms with Crippen molar-refractivity contribution in [1.82, 2.24) is 20.9 Å². The van der Waals surface area contributed by atoms with Crippen LogP contribution in [-0.2, 0) is 6.54 Å². The van der Waals surface area contributed by atoms with Crippen molar-refractivity contribution in [3.63, 3.8) is 0 Å². The van der Waals surface area contributed by atoms with Gasteiger partial charge in [-0.15, -0.1) is 0 Å². The number of benzene rings is 1. The topological polar surface area (TPSA) is 73.5 Å². The predicted molar refractivity (Wildman–Crippen MR) is 111 cm³/mol. The summed E-state index contributed by atoms with van der Waals surface area (Å²) in [4.78, 5) is 26.8. The van der Waals surface area contributed by atoms with Crippen molar-refractivity contribution in [3.05, 3.63) is 35.9 Å². The molecule has 1 heterocycles. The average molecular weight is 397 g/mol. The molecule has 1 aliphatic heterocycles. The Bertz CT molecular complexity index is 753. The zero-order valence-electron chi connectivity index (χ0n) is 17.0. The van der Waals surface area contributed by atoms with Crippen LogP contribution in [0.2, 0.25) is 0 Å². The van der Waals surface area contributed by atoms with Crippen LogP contribution in [0.15, 0.2) is 30.3 Å². The molecule has 4 amide bonds. The van der Waals surface area contributed by atoms with Crippen LogP contribution >= 0.6 is 0 Å². The molecule has 0 spiro atoms. The molecule has 1 saturated heterocycles. The van der Waals surface area contributed by atoms with Gasteiger partial charge in [0.25, 0.3) is 0 Å². The van der Waals surface area contributed by atoms with Gasteiger partial charge in [-0.05, 0) is 67.8 Å². The van der Waals surface area contributed by atoms with Gasteiger partial charge in [0, 0.05) is 31.7 Å². The van der Waals surface area contributed by atoms with E-state index < -0.39 is 0 Å². The highest BCUT2D eigenvalue weighted by atomic mass is 16.2. The second-order valence-corrected chi connectivity index (χ2v) is 9.78. The number of rotatable bonds is 5. The summed E-state index contributed by atoms with van der Waals surface area (Å²) in [6, 6.07) is 9.93. The Morgan fingerprint density at radius 1 is 1.03 bits per heavy atom. The molecule has 3 unspecified atom stereocenters. The maximum atomic E-state index is 12.6. The van der Waals surface area contributed by atoms with E-state index in [2.05, 4.69) is 16.0 Å². The van der Waals surface area contributed by atoms with E-state index in [0.29, 0.717) is 31.5 Å². The lowest BCUT2D eigenvalue weighted by molar-refractivity contribution is 0.203. The predicted octanol–water partition coefficient (Wildman–Crippen LogP) is 3.10. The second-order valence-electron chi connectivity index (χ2n) is 9.78. The molecule has 1 aromatic carbocycles. The van der Waals surface area contributed by atoms with Gasteiger partial charge in [-0.2, -0.15) is 0 Å². The lowest BCUT2D eigenvalue weighted by atomic mass is 9.80. The van der Waals surface area contributed by atoms with Crippen LogP contribution < -0.4 is 16.0 Å². The number of nitrogens with one attached hydrogen (secondary N) is 3. The number of amides is 4. The number of nitrogens with zero attached hydrogens (tertiary/aromatic N) is 1. The third-order valence-electron chi connectivity index (χ3n) is 7.76. The highest BCUT2D eigenvalue weighted by molar-refractivity contribution is 5.75. The Morgan fingerprint density at radius 2 is 1.79 bits per heavy atom. The number of urea groups is 2. The van der Waals surface area contributed by atoms with E-state index in [1.54, 1.807) is 0 Å². The maximum Gasteiger partial charge on any atom is 0.317 e. The number of hydrogen-bond donors (Lipinski definition) is 3. The van der Waals surface area contributed by atoms with Crippen molar-refractivity contribution < 1.29 is 9.59 Å². The van der Waals surface area contributed by atoms with Gasteiger partial charge in [-0.25, -0.2) is 9.59 Å². The number of carbonyl (C=O) groups excluding carboxylic acids is 2. The Labute approximate surface area is 172 Å². The van der Waals surface area contributed by atoms with Gasteiger partial charge in [-0.3, -0.25) is 0 Å². The van der Waals surface area contributed by atoms with Gasteiger partial charge >= 0.3 is 12.1 Å². The van der Waals surface area contributed by atoms with Crippen LogP contribution in [0.3, 0.4) is 0 Å². The molecule has 5 atom stereocenters. The van der Waals surface area contributed by atoms with Gasteiger partial charge in [0.1, 0.15) is 0 Å². The van der Waals surface area contributed by atoms with E-state index in [-0.39, 0.29) is 17.6 Å². The Morgan fingerprint density at radius 3 is 2.55 bits per heavy atom. The number of likely N-dealkylation sites (tertiary alicyclic amines) is 1. The minimum atomic E-state index is -0.0151. The highest BCUT2D eigenvalue weighted by Crippen LogP contribution is 2.60. The van der Waals surface area contributed by atoms with Crippen LogP contribution in [0.1, 0.15) is 44.1 Å². The SMILES string of the molecule is O=C(NCC1CCN(C(=O)NCc2ccccc2)C1)NC12C[C@@H]3CC1C[C@@H](C3)C2. The first kappa shape index (κ1) is 18.8. The van der Waals surface area contributed by atoms with Crippen LogP contribution in [-0.4, -0.2) is 42.1 Å². The Kier molecular flexibility index (Phi) is 4.88. The normalized spacial score (nSPS) is 34.4. The molecule has 5 aliphatic rings. The summed E-state index contributed by atoms with van der Waals surface area (Å²) >= 11 is 0. The molecule has 0 radical (unpaired) electrons. The standard InChI is InChI=1S/C23H32N4O2/c28-21(26-23-11-18-8-19(12-23)10-20(23)9-18)24-14-17-6-7-27(15-17)22(29)25-13-16-4-2-1-3-5-16/h1-5,17-20H,6-15H2,(H,25,29)(H2,24,26,28)/t17?,18-,19+,20?,23?. The van der Waals surface area contributed by atoms with Gasteiger partial charge in [0.05, 0.1) is 0 Å². The molecule has 6 nitrogen and oxygen atoms in total. The molecule has 3 N–H and O–H groups in total. The first-order chi connectivity index (χ1) is 14.1. The van der Waals surface area contributed by atoms with Crippen LogP contribution in [0.25, 0.3) is 0 Å². The molecule has 1 aromatic rings. The summed E-state index contributed by atoms with van der Waals surface area (Å²) in [6.07, 6.45) is 7.31. The summed E-state index contributed by atoms with van der Waals surface area (Å²) in [5.74, 6) is 2.71. The van der Waals surface area contributed by atoms with E-state index in [4.69, 9.17) is 0 Å². The van der Waals surface area contributed by atoms with Crippen LogP contribution in [0, 0.1) is 23.7 Å². The maximum absolute atomic E-state index is 12.6. The summed E-state index contributed by atoms with van der Waals surface area (Å²) in [7, 11) is 0. The molecule has 4 saturated carbocycles. The first-order valence-electron chi connectivity index (χ1n) is 11.2. The molecular formula is C23H32N4O2. The Hall–Kier alpha value is -2.24. The van der Waals surface area contributed by atoms with Gasteiger partial charge in [-0.1, -0.05) is 30.3 Å². The fourth-order valence-electron chi connectivity index (χ4n) is 6.58. The van der Waals surface area contributed by atoms with Gasteiger partial charge in [0.15, 0.2) is 0 Å². The first-order valence-corrected chi connectivity index (χ1v) is 11.2. The second kappa shape index (κ2) is 7.54. The zero-order chi connectivity index (χ0) is 19.8. The molecule has 6 rings (SSSR count). The van der Waals surface area contributed by atoms with Crippen LogP contribution in [0.4, 0.5) is 9.59 Å². The van der Waals surface area contributed by atoms with Crippen molar-refractivity contribution in [2.75, 3.05) is 19.6 Å². The van der Waals surface area contributed by atoms with Crippen molar-refractivity contribution in [3.8, 4) is 0 Å². The van der Waals surface area contributed by atoms with Crippen molar-refractivity contribution in [2.45, 2.75) is 50.6 Å². The summed E-state index contributed by atoms with van der Waals surface area (Å²) in [6.45, 7) is 2.65. The average Bonchev–Trinajstić information content (AvgIpc) is 3.35. The summed E-state index contributed by atoms with van der Waals surface area (Å²) < 4.78 is 0. The fraction of sp³-hybridized carbons (Fsp3) is 0.652. The number of carbonyl (C=O) groups is 2. The van der Waals surface area contributed by atoms with Crippen LogP contribution in [0.5, 0.6) is 0 Å². The quantitative estimate of drug-likeness (QED) is 0.716. The van der Waals surface area contributed by atoms with E-state index in [0.717, 1.165) is 30.4 Å². The third-order valence-corrected chi connectivity index (χ3v) is 7.76. The number of hydrogen-bond acceptors (Lipinski definition) is 2. The molecular weight excluding hydrogens is 364 g/mol. The summed E-state index contributed by atoms with van der Waals surface area (Å²) in [5, 5.41) is 9.46. The zero-order valence-corrected chi connectivity index (χ0v) is 17.0. The minimum absolute atomic E-state index is 0.00909. The molecule has 0 aromatic heterocycles. The molecule has 4 aliphatic carbocycles. The lowest BCUT2D eigenvalue weighted by Gasteiger charge is -2.34. The largest absolute Gasteiger partial charge is 0.338 e. The smallest absolute Gasteiger partial charge is 0.317 e. The van der Waals surface area contributed by atoms with Crippen molar-refractivity contribution in [1.29, 1.82) is 0 Å². The molecule has 5 fully saturated rings. The third kappa shape index (κ3) is 3.81. The minimum Gasteiger partial charge on any atom is -0.338 e. The highest BCUT2D eigenvalue weighted by Gasteiger charge is 2.58. The lowest BCUT2D eigenvalue weighted by Crippen LogP contribution is -2.53. The Balaban J connectivity index is 1.04. The van der Waals surface area contributed by atoms with E-state index in [9.17, 15) is 9.59 Å². The van der Waals surface area contributed by atoms with E-state index in [1.165, 1.54) is 32.1 Å². The van der Waals surface area contributed by atoms with Crippen molar-refractivity contribution >= 4 is 12.1 Å². The molecule has 156 valence electrons. The molecule has 4 bridgehead atoms. The monoisotopic (exact) mass is 396 g/mol. The van der Waals surface area contributed by atoms with E-state index in [1.807, 2.05) is 35.2 Å². The fourth-order valence-corrected chi connectivity index (χ4v) is 6.58. The van der Waals surface area contributed by atoms with Gasteiger partial charge in [0.2, 0.25) is 0 Å². The molecule has 29 heavy (non-hydrogen) atoms. The summed E-state index contributed by atoms with van der Waals surface area (Å²) in [5.41, 5.74) is 1.18. The van der Waals surface area contributed by atoms with Gasteiger partial charge < -0.3 is 20.9 Å².